The van der Waals surface area contributed by atoms with E-state index in [9.17, 15) is 0 Å². The average Bonchev–Trinajstić information content (AvgIpc) is 3.12. The second kappa shape index (κ2) is 5.11. The third kappa shape index (κ3) is 1.74. The van der Waals surface area contributed by atoms with E-state index in [2.05, 4.69) is 114 Å². The molecule has 2 heterocycles. The smallest absolute Gasteiger partial charge is 0.0674 e. The molecule has 0 N–H and O–H groups in total. The molecule has 0 amide bonds. The highest BCUT2D eigenvalue weighted by Crippen LogP contribution is 2.58. The van der Waals surface area contributed by atoms with Crippen molar-refractivity contribution < 1.29 is 0 Å². The Morgan fingerprint density at radius 2 is 1.45 bits per heavy atom. The number of benzene rings is 4. The lowest BCUT2D eigenvalue weighted by atomic mass is 9.81. The zero-order chi connectivity index (χ0) is 19.5. The Morgan fingerprint density at radius 3 is 2.34 bits per heavy atom. The Balaban J connectivity index is 1.89. The van der Waals surface area contributed by atoms with Crippen LogP contribution < -0.4 is 0 Å². The summed E-state index contributed by atoms with van der Waals surface area (Å²) in [6.45, 7) is 4.75. The maximum absolute atomic E-state index is 2.53. The Kier molecular flexibility index (Phi) is 2.86. The van der Waals surface area contributed by atoms with Crippen molar-refractivity contribution in [3.8, 4) is 27.9 Å². The first-order valence-corrected chi connectivity index (χ1v) is 11.2. The van der Waals surface area contributed by atoms with Crippen LogP contribution in [0.4, 0.5) is 0 Å². The molecular formula is C27H18IN. The number of nitrogens with zero attached hydrogens (tertiary/aromatic N) is 1. The molecule has 0 radical (unpaired) electrons. The standard InChI is InChI=1S/C27H18IN/c1-27(2)19-10-5-8-16-17-9-6-11-21(28)25(17)29-22-12-4-3-7-15(22)18-13-14-20(27)24(23(16)19)26(18)29/h3-14H,1-2H3. The minimum atomic E-state index is 0.00951. The number of rotatable bonds is 0. The van der Waals surface area contributed by atoms with Gasteiger partial charge in [0, 0.05) is 30.9 Å². The molecule has 5 aromatic rings. The zero-order valence-corrected chi connectivity index (χ0v) is 18.4. The minimum Gasteiger partial charge on any atom is -0.307 e. The average molecular weight is 483 g/mol. The molecule has 0 atom stereocenters. The van der Waals surface area contributed by atoms with Gasteiger partial charge in [-0.2, -0.15) is 0 Å². The summed E-state index contributed by atoms with van der Waals surface area (Å²) < 4.78 is 3.82. The van der Waals surface area contributed by atoms with E-state index in [1.807, 2.05) is 0 Å². The largest absolute Gasteiger partial charge is 0.307 e. The third-order valence-corrected chi connectivity index (χ3v) is 7.87. The van der Waals surface area contributed by atoms with Gasteiger partial charge in [0.2, 0.25) is 0 Å². The van der Waals surface area contributed by atoms with E-state index in [1.165, 1.54) is 64.4 Å². The summed E-state index contributed by atoms with van der Waals surface area (Å²) in [6, 6.07) is 27.2. The molecule has 1 aliphatic carbocycles. The number of hydrogen-bond donors (Lipinski definition) is 0. The normalized spacial score (nSPS) is 15.0. The molecular weight excluding hydrogens is 465 g/mol. The van der Waals surface area contributed by atoms with Gasteiger partial charge < -0.3 is 4.57 Å². The topological polar surface area (TPSA) is 4.93 Å². The maximum Gasteiger partial charge on any atom is 0.0674 e. The van der Waals surface area contributed by atoms with Crippen molar-refractivity contribution in [2.75, 3.05) is 0 Å². The highest BCUT2D eigenvalue weighted by atomic mass is 127. The maximum atomic E-state index is 2.53. The van der Waals surface area contributed by atoms with Crippen molar-refractivity contribution in [3.05, 3.63) is 87.5 Å². The van der Waals surface area contributed by atoms with Crippen molar-refractivity contribution in [2.45, 2.75) is 19.3 Å². The van der Waals surface area contributed by atoms with Crippen molar-refractivity contribution in [3.63, 3.8) is 0 Å². The first-order valence-electron chi connectivity index (χ1n) is 10.1. The first kappa shape index (κ1) is 16.2. The Labute approximate surface area is 183 Å². The van der Waals surface area contributed by atoms with Crippen LogP contribution in [0, 0.1) is 3.57 Å². The molecule has 0 saturated carbocycles. The van der Waals surface area contributed by atoms with Crippen LogP contribution in [-0.2, 0) is 5.41 Å². The molecule has 2 aliphatic rings. The van der Waals surface area contributed by atoms with E-state index < -0.39 is 0 Å². The molecule has 138 valence electrons. The SMILES string of the molecule is CC1(C)c2cccc3c2-c2c1ccc1c4ccccc4n(c21)-c1c(I)cccc1-3. The summed E-state index contributed by atoms with van der Waals surface area (Å²) in [4.78, 5) is 0. The van der Waals surface area contributed by atoms with Crippen LogP contribution in [0.5, 0.6) is 0 Å². The van der Waals surface area contributed by atoms with Gasteiger partial charge in [-0.3, -0.25) is 0 Å². The summed E-state index contributed by atoms with van der Waals surface area (Å²) >= 11 is 2.51. The van der Waals surface area contributed by atoms with Crippen LogP contribution in [0.3, 0.4) is 0 Å². The molecule has 0 unspecified atom stereocenters. The lowest BCUT2D eigenvalue weighted by Gasteiger charge is -2.23. The molecule has 1 nitrogen and oxygen atoms in total. The number of para-hydroxylation sites is 2. The molecule has 4 aromatic carbocycles. The number of halogens is 1. The van der Waals surface area contributed by atoms with Gasteiger partial charge in [-0.25, -0.2) is 0 Å². The van der Waals surface area contributed by atoms with Gasteiger partial charge in [-0.15, -0.1) is 0 Å². The highest BCUT2D eigenvalue weighted by molar-refractivity contribution is 14.1. The molecule has 1 aromatic heterocycles. The van der Waals surface area contributed by atoms with Gasteiger partial charge in [-0.1, -0.05) is 74.5 Å². The Hall–Kier alpha value is -2.59. The lowest BCUT2D eigenvalue weighted by Crippen LogP contribution is -2.15. The third-order valence-electron chi connectivity index (χ3n) is 7.00. The molecule has 29 heavy (non-hydrogen) atoms. The molecule has 0 bridgehead atoms. The predicted octanol–water partition coefficient (Wildman–Crippen LogP) is 7.68. The number of fused-ring (bicyclic) bond motifs is 6. The molecule has 0 spiro atoms. The number of hydrogen-bond acceptors (Lipinski definition) is 0. The van der Waals surface area contributed by atoms with Crippen molar-refractivity contribution >= 4 is 44.4 Å². The van der Waals surface area contributed by atoms with Crippen molar-refractivity contribution in [1.29, 1.82) is 0 Å². The summed E-state index contributed by atoms with van der Waals surface area (Å²) in [7, 11) is 0. The van der Waals surface area contributed by atoms with Gasteiger partial charge in [-0.05, 0) is 57.0 Å². The summed E-state index contributed by atoms with van der Waals surface area (Å²) in [5, 5.41) is 2.69. The van der Waals surface area contributed by atoms with Gasteiger partial charge in [0.25, 0.3) is 0 Å². The van der Waals surface area contributed by atoms with E-state index in [1.54, 1.807) is 0 Å². The van der Waals surface area contributed by atoms with Gasteiger partial charge in [0.05, 0.1) is 16.7 Å². The van der Waals surface area contributed by atoms with E-state index in [4.69, 9.17) is 0 Å². The first-order chi connectivity index (χ1) is 14.1. The summed E-state index contributed by atoms with van der Waals surface area (Å²) in [5.41, 5.74) is 12.4. The van der Waals surface area contributed by atoms with E-state index in [0.29, 0.717) is 0 Å². The Morgan fingerprint density at radius 1 is 0.690 bits per heavy atom. The molecule has 0 saturated heterocycles. The number of aromatic nitrogens is 1. The molecule has 2 heteroatoms. The zero-order valence-electron chi connectivity index (χ0n) is 16.3. The van der Waals surface area contributed by atoms with E-state index >= 15 is 0 Å². The van der Waals surface area contributed by atoms with Crippen molar-refractivity contribution in [1.82, 2.24) is 4.57 Å². The van der Waals surface area contributed by atoms with E-state index in [0.717, 1.165) is 0 Å². The fraction of sp³-hybridized carbons (Fsp3) is 0.111. The Bertz CT molecular complexity index is 1530. The second-order valence-electron chi connectivity index (χ2n) is 8.73. The lowest BCUT2D eigenvalue weighted by molar-refractivity contribution is 0.661. The molecule has 0 fully saturated rings. The quantitative estimate of drug-likeness (QED) is 0.195. The van der Waals surface area contributed by atoms with E-state index in [-0.39, 0.29) is 5.41 Å². The second-order valence-corrected chi connectivity index (χ2v) is 9.89. The van der Waals surface area contributed by atoms with Crippen LogP contribution in [-0.4, -0.2) is 4.57 Å². The van der Waals surface area contributed by atoms with Crippen LogP contribution >= 0.6 is 22.6 Å². The van der Waals surface area contributed by atoms with Crippen LogP contribution in [0.15, 0.2) is 72.8 Å². The molecule has 7 rings (SSSR count). The highest BCUT2D eigenvalue weighted by Gasteiger charge is 2.40. The van der Waals surface area contributed by atoms with Crippen molar-refractivity contribution in [2.24, 2.45) is 0 Å². The summed E-state index contributed by atoms with van der Waals surface area (Å²) in [6.07, 6.45) is 0. The molecule has 1 aliphatic heterocycles. The van der Waals surface area contributed by atoms with Gasteiger partial charge in [0.1, 0.15) is 0 Å². The fourth-order valence-corrected chi connectivity index (χ4v) is 6.48. The van der Waals surface area contributed by atoms with Crippen LogP contribution in [0.25, 0.3) is 49.7 Å². The van der Waals surface area contributed by atoms with Gasteiger partial charge >= 0.3 is 0 Å². The monoisotopic (exact) mass is 483 g/mol. The van der Waals surface area contributed by atoms with Crippen LogP contribution in [0.1, 0.15) is 25.0 Å². The minimum absolute atomic E-state index is 0.00951. The predicted molar refractivity (Wildman–Crippen MR) is 130 cm³/mol. The van der Waals surface area contributed by atoms with Crippen LogP contribution in [0.2, 0.25) is 0 Å². The van der Waals surface area contributed by atoms with Gasteiger partial charge in [0.15, 0.2) is 0 Å². The fourth-order valence-electron chi connectivity index (χ4n) is 5.74. The summed E-state index contributed by atoms with van der Waals surface area (Å²) in [5.74, 6) is 0.